The van der Waals surface area contributed by atoms with Crippen LogP contribution in [0.25, 0.3) is 0 Å². The lowest BCUT2D eigenvalue weighted by atomic mass is 10.1. The number of nitrogens with zero attached hydrogens (tertiary/aromatic N) is 3. The number of benzene rings is 4. The Morgan fingerprint density at radius 2 is 1.41 bits per heavy atom. The molecule has 3 N–H and O–H groups in total. The second-order valence-electron chi connectivity index (χ2n) is 7.62. The molecule has 0 fully saturated rings. The summed E-state index contributed by atoms with van der Waals surface area (Å²) in [6.45, 7) is 0. The minimum Gasteiger partial charge on any atom is -0.506 e. The maximum atomic E-state index is 11.8. The summed E-state index contributed by atoms with van der Waals surface area (Å²) in [5.74, 6) is 0.0000233. The van der Waals surface area contributed by atoms with Crippen LogP contribution in [-0.4, -0.2) is 21.2 Å². The Balaban J connectivity index is 1.75. The van der Waals surface area contributed by atoms with E-state index >= 15 is 0 Å². The molecule has 10 nitrogen and oxygen atoms in total. The highest BCUT2D eigenvalue weighted by Crippen LogP contribution is 2.40. The first-order valence-electron chi connectivity index (χ1n) is 10.6. The zero-order chi connectivity index (χ0) is 26.5. The third-order valence-electron chi connectivity index (χ3n) is 5.13. The number of halogens is 2. The van der Waals surface area contributed by atoms with Crippen LogP contribution in [0.1, 0.15) is 5.56 Å². The van der Waals surface area contributed by atoms with Crippen molar-refractivity contribution >= 4 is 77.9 Å². The second-order valence-corrected chi connectivity index (χ2v) is 9.39. The van der Waals surface area contributed by atoms with Crippen LogP contribution in [-0.2, 0) is 0 Å². The molecule has 0 aliphatic rings. The Hall–Kier alpha value is -4.29. The topological polar surface area (TPSA) is 143 Å². The van der Waals surface area contributed by atoms with Gasteiger partial charge in [-0.15, -0.1) is 0 Å². The summed E-state index contributed by atoms with van der Waals surface area (Å²) in [5.41, 5.74) is 1.04. The van der Waals surface area contributed by atoms with Crippen molar-refractivity contribution in [1.29, 1.82) is 0 Å². The Bertz CT molecular complexity index is 1530. The minimum atomic E-state index is -0.690. The van der Waals surface area contributed by atoms with Crippen LogP contribution in [0.5, 0.6) is 5.75 Å². The van der Waals surface area contributed by atoms with Gasteiger partial charge in [0.25, 0.3) is 11.4 Å². The van der Waals surface area contributed by atoms with Gasteiger partial charge in [0, 0.05) is 21.9 Å². The molecule has 0 saturated carbocycles. The van der Waals surface area contributed by atoms with Crippen molar-refractivity contribution in [2.24, 2.45) is 4.99 Å². The second kappa shape index (κ2) is 11.2. The summed E-state index contributed by atoms with van der Waals surface area (Å²) in [7, 11) is 0. The summed E-state index contributed by atoms with van der Waals surface area (Å²) >= 11 is 6.65. The van der Waals surface area contributed by atoms with Gasteiger partial charge in [-0.05, 0) is 58.4 Å². The molecule has 4 aromatic carbocycles. The van der Waals surface area contributed by atoms with Crippen LogP contribution in [0.3, 0.4) is 0 Å². The molecular formula is C25H17Br2N5O5. The number of aliphatic imine (C=N–C) groups is 1. The molecule has 12 heteroatoms. The van der Waals surface area contributed by atoms with E-state index in [9.17, 15) is 25.3 Å². The maximum Gasteiger partial charge on any atom is 0.299 e. The maximum absolute atomic E-state index is 11.8. The lowest BCUT2D eigenvalue weighted by molar-refractivity contribution is -0.393. The van der Waals surface area contributed by atoms with E-state index in [0.717, 1.165) is 10.5 Å². The fourth-order valence-electron chi connectivity index (χ4n) is 3.42. The van der Waals surface area contributed by atoms with Crippen LogP contribution in [0.4, 0.5) is 39.8 Å². The summed E-state index contributed by atoms with van der Waals surface area (Å²) in [4.78, 5) is 26.6. The molecule has 0 amide bonds. The molecule has 4 aromatic rings. The van der Waals surface area contributed by atoms with Crippen molar-refractivity contribution in [2.75, 3.05) is 10.6 Å². The zero-order valence-corrected chi connectivity index (χ0v) is 21.9. The van der Waals surface area contributed by atoms with Gasteiger partial charge < -0.3 is 15.7 Å². The van der Waals surface area contributed by atoms with Gasteiger partial charge in [0.2, 0.25) is 0 Å². The highest BCUT2D eigenvalue weighted by molar-refractivity contribution is 9.11. The molecule has 0 aromatic heterocycles. The quantitative estimate of drug-likeness (QED) is 0.102. The minimum absolute atomic E-state index is 0.0000233. The van der Waals surface area contributed by atoms with Crippen LogP contribution in [0.2, 0.25) is 0 Å². The number of nitro groups is 2. The van der Waals surface area contributed by atoms with Gasteiger partial charge >= 0.3 is 0 Å². The lowest BCUT2D eigenvalue weighted by Crippen LogP contribution is -2.03. The van der Waals surface area contributed by atoms with Gasteiger partial charge in [0.15, 0.2) is 0 Å². The van der Waals surface area contributed by atoms with Gasteiger partial charge in [-0.25, -0.2) is 0 Å². The van der Waals surface area contributed by atoms with Gasteiger partial charge in [0.05, 0.1) is 31.8 Å². The zero-order valence-electron chi connectivity index (χ0n) is 18.8. The Labute approximate surface area is 227 Å². The average Bonchev–Trinajstić information content (AvgIpc) is 2.86. The van der Waals surface area contributed by atoms with Crippen LogP contribution in [0.15, 0.2) is 92.8 Å². The standard InChI is InChI=1S/C25H17Br2N5O5/c26-16-10-15(25(33)18(27)11-16)14-28-19-8-4-5-9-20(19)30-22-12-21(29-17-6-2-1-3-7-17)23(31(34)35)13-24(22)32(36)37/h1-14,29-30,33H. The van der Waals surface area contributed by atoms with E-state index in [1.54, 1.807) is 66.7 Å². The number of aromatic hydroxyl groups is 1. The summed E-state index contributed by atoms with van der Waals surface area (Å²) in [5, 5.41) is 39.7. The fourth-order valence-corrected chi connectivity index (χ4v) is 4.68. The molecule has 0 unspecified atom stereocenters. The number of hydrogen-bond acceptors (Lipinski definition) is 8. The number of para-hydroxylation sites is 3. The van der Waals surface area contributed by atoms with E-state index in [1.165, 1.54) is 12.3 Å². The molecule has 0 aliphatic carbocycles. The van der Waals surface area contributed by atoms with E-state index in [0.29, 0.717) is 27.1 Å². The number of anilines is 4. The molecule has 37 heavy (non-hydrogen) atoms. The van der Waals surface area contributed by atoms with E-state index in [-0.39, 0.29) is 17.1 Å². The molecule has 0 aliphatic heterocycles. The predicted octanol–water partition coefficient (Wildman–Crippen LogP) is 7.97. The van der Waals surface area contributed by atoms with Crippen LogP contribution in [0, 0.1) is 20.2 Å². The van der Waals surface area contributed by atoms with E-state index < -0.39 is 21.2 Å². The van der Waals surface area contributed by atoms with Crippen LogP contribution >= 0.6 is 31.9 Å². The number of rotatable bonds is 8. The SMILES string of the molecule is O=[N+]([O-])c1cc([N+](=O)[O-])c(Nc2ccccc2N=Cc2cc(Br)cc(Br)c2O)cc1Nc1ccccc1. The molecular weight excluding hydrogens is 610 g/mol. The number of hydrogen-bond donors (Lipinski definition) is 3. The summed E-state index contributed by atoms with van der Waals surface area (Å²) in [6.07, 6.45) is 1.46. The smallest absolute Gasteiger partial charge is 0.299 e. The molecule has 0 radical (unpaired) electrons. The van der Waals surface area contributed by atoms with Crippen molar-refractivity contribution in [2.45, 2.75) is 0 Å². The number of nitrogens with one attached hydrogen (secondary N) is 2. The fraction of sp³-hybridized carbons (Fsp3) is 0. The Morgan fingerprint density at radius 3 is 2.08 bits per heavy atom. The first-order valence-corrected chi connectivity index (χ1v) is 12.2. The summed E-state index contributed by atoms with van der Waals surface area (Å²) < 4.78 is 1.21. The van der Waals surface area contributed by atoms with Crippen molar-refractivity contribution < 1.29 is 15.0 Å². The molecule has 0 spiro atoms. The highest BCUT2D eigenvalue weighted by Gasteiger charge is 2.25. The first-order chi connectivity index (χ1) is 17.7. The number of phenols is 1. The van der Waals surface area contributed by atoms with Crippen molar-refractivity contribution in [3.8, 4) is 5.75 Å². The van der Waals surface area contributed by atoms with Crippen molar-refractivity contribution in [3.05, 3.63) is 114 Å². The molecule has 0 bridgehead atoms. The third kappa shape index (κ3) is 6.11. The lowest BCUT2D eigenvalue weighted by Gasteiger charge is -2.13. The molecule has 0 saturated heterocycles. The predicted molar refractivity (Wildman–Crippen MR) is 150 cm³/mol. The van der Waals surface area contributed by atoms with Gasteiger partial charge in [-0.2, -0.15) is 0 Å². The van der Waals surface area contributed by atoms with E-state index in [4.69, 9.17) is 0 Å². The first kappa shape index (κ1) is 25.8. The number of phenolic OH excluding ortho intramolecular Hbond substituents is 1. The Kier molecular flexibility index (Phi) is 7.80. The normalized spacial score (nSPS) is 10.9. The molecule has 0 atom stereocenters. The Morgan fingerprint density at radius 1 is 0.784 bits per heavy atom. The largest absolute Gasteiger partial charge is 0.506 e. The van der Waals surface area contributed by atoms with Gasteiger partial charge in [0.1, 0.15) is 17.1 Å². The van der Waals surface area contributed by atoms with E-state index in [2.05, 4.69) is 47.5 Å². The van der Waals surface area contributed by atoms with Crippen molar-refractivity contribution in [1.82, 2.24) is 0 Å². The van der Waals surface area contributed by atoms with Crippen molar-refractivity contribution in [3.63, 3.8) is 0 Å². The van der Waals surface area contributed by atoms with Crippen LogP contribution < -0.4 is 10.6 Å². The van der Waals surface area contributed by atoms with Gasteiger partial charge in [-0.1, -0.05) is 46.3 Å². The summed E-state index contributed by atoms with van der Waals surface area (Å²) in [6, 6.07) is 21.2. The van der Waals surface area contributed by atoms with E-state index in [1.807, 2.05) is 0 Å². The highest BCUT2D eigenvalue weighted by atomic mass is 79.9. The molecule has 186 valence electrons. The molecule has 0 heterocycles. The average molecular weight is 627 g/mol. The molecule has 4 rings (SSSR count). The third-order valence-corrected chi connectivity index (χ3v) is 6.20. The number of nitro benzene ring substituents is 2. The monoisotopic (exact) mass is 625 g/mol. The van der Waals surface area contributed by atoms with Gasteiger partial charge in [-0.3, -0.25) is 25.2 Å².